The van der Waals surface area contributed by atoms with Crippen LogP contribution in [0.15, 0.2) is 18.2 Å². The van der Waals surface area contributed by atoms with Gasteiger partial charge in [-0.15, -0.1) is 0 Å². The first-order chi connectivity index (χ1) is 6.31. The Morgan fingerprint density at radius 2 is 2.31 bits per heavy atom. The fourth-order valence-electron chi connectivity index (χ4n) is 0.919. The van der Waals surface area contributed by atoms with Crippen LogP contribution in [0, 0.1) is 11.3 Å². The summed E-state index contributed by atoms with van der Waals surface area (Å²) < 4.78 is 9.73. The van der Waals surface area contributed by atoms with E-state index in [9.17, 15) is 0 Å². The van der Waals surface area contributed by atoms with Gasteiger partial charge in [0, 0.05) is 6.07 Å². The average molecular weight is 177 g/mol. The van der Waals surface area contributed by atoms with Gasteiger partial charge in [-0.1, -0.05) is 0 Å². The van der Waals surface area contributed by atoms with Crippen molar-refractivity contribution in [1.29, 1.82) is 5.26 Å². The zero-order chi connectivity index (χ0) is 9.68. The van der Waals surface area contributed by atoms with Gasteiger partial charge in [-0.25, -0.2) is 0 Å². The molecule has 0 saturated carbocycles. The first-order valence-electron chi connectivity index (χ1n) is 3.63. The summed E-state index contributed by atoms with van der Waals surface area (Å²) in [5.41, 5.74) is 0.341. The van der Waals surface area contributed by atoms with E-state index in [1.54, 1.807) is 18.2 Å². The van der Waals surface area contributed by atoms with E-state index < -0.39 is 7.69 Å². The number of hydrogen-bond donors (Lipinski definition) is 1. The molecule has 0 aromatic heterocycles. The van der Waals surface area contributed by atoms with Gasteiger partial charge >= 0.3 is 7.69 Å². The van der Waals surface area contributed by atoms with E-state index >= 15 is 0 Å². The van der Waals surface area contributed by atoms with Crippen LogP contribution in [0.2, 0.25) is 0 Å². The highest BCUT2D eigenvalue weighted by Gasteiger charge is 2.04. The summed E-state index contributed by atoms with van der Waals surface area (Å²) in [6, 6.07) is 6.72. The summed E-state index contributed by atoms with van der Waals surface area (Å²) >= 11 is 0. The maximum Gasteiger partial charge on any atom is 0.504 e. The zero-order valence-corrected chi connectivity index (χ0v) is 7.15. The maximum atomic E-state index is 8.70. The Morgan fingerprint density at radius 1 is 1.54 bits per heavy atom. The van der Waals surface area contributed by atoms with E-state index in [2.05, 4.69) is 0 Å². The monoisotopic (exact) mass is 177 g/mol. The Kier molecular flexibility index (Phi) is 3.18. The van der Waals surface area contributed by atoms with Crippen molar-refractivity contribution in [2.45, 2.75) is 0 Å². The molecule has 1 rings (SSSR count). The van der Waals surface area contributed by atoms with Crippen molar-refractivity contribution in [3.05, 3.63) is 23.8 Å². The van der Waals surface area contributed by atoms with Gasteiger partial charge in [-0.2, -0.15) is 5.26 Å². The van der Waals surface area contributed by atoms with Crippen LogP contribution in [0.1, 0.15) is 5.56 Å². The van der Waals surface area contributed by atoms with E-state index in [1.807, 2.05) is 6.07 Å². The van der Waals surface area contributed by atoms with Crippen LogP contribution in [0.4, 0.5) is 0 Å². The molecule has 0 fully saturated rings. The van der Waals surface area contributed by atoms with Crippen LogP contribution < -0.4 is 9.39 Å². The molecule has 1 aromatic carbocycles. The Labute approximate surface area is 76.6 Å². The quantitative estimate of drug-likeness (QED) is 0.670. The van der Waals surface area contributed by atoms with Crippen molar-refractivity contribution in [2.24, 2.45) is 0 Å². The molecule has 0 amide bonds. The predicted molar refractivity (Wildman–Crippen MR) is 47.7 cm³/mol. The largest absolute Gasteiger partial charge is 0.538 e. The predicted octanol–water partition coefficient (Wildman–Crippen LogP) is 0.204. The molecule has 0 aliphatic heterocycles. The molecule has 0 spiro atoms. The van der Waals surface area contributed by atoms with E-state index in [0.29, 0.717) is 17.1 Å². The molecule has 0 saturated heterocycles. The molecule has 66 valence electrons. The lowest BCUT2D eigenvalue weighted by Gasteiger charge is -2.05. The highest BCUT2D eigenvalue weighted by molar-refractivity contribution is 6.17. The smallest absolute Gasteiger partial charge is 0.504 e. The van der Waals surface area contributed by atoms with Gasteiger partial charge in [0.05, 0.1) is 12.7 Å². The SMILES string of the molecule is COc1ccc(OBO)c(C#N)c1. The van der Waals surface area contributed by atoms with Crippen molar-refractivity contribution >= 4 is 7.69 Å². The standard InChI is InChI=1S/C8H8BNO3/c1-12-7-2-3-8(13-9-11)6(4-7)5-10/h2-4,9,11H,1H3. The van der Waals surface area contributed by atoms with Gasteiger partial charge in [0.15, 0.2) is 0 Å². The summed E-state index contributed by atoms with van der Waals surface area (Å²) in [5.74, 6) is 0.938. The molecule has 0 atom stereocenters. The van der Waals surface area contributed by atoms with Crippen molar-refractivity contribution in [3.8, 4) is 17.6 Å². The fraction of sp³-hybridized carbons (Fsp3) is 0.125. The van der Waals surface area contributed by atoms with E-state index in [-0.39, 0.29) is 0 Å². The molecule has 0 aliphatic rings. The highest BCUT2D eigenvalue weighted by atomic mass is 16.5. The second kappa shape index (κ2) is 4.38. The van der Waals surface area contributed by atoms with Crippen molar-refractivity contribution in [3.63, 3.8) is 0 Å². The zero-order valence-electron chi connectivity index (χ0n) is 7.15. The van der Waals surface area contributed by atoms with Crippen LogP contribution in [-0.4, -0.2) is 19.8 Å². The van der Waals surface area contributed by atoms with E-state index in [0.717, 1.165) is 0 Å². The third-order valence-corrected chi connectivity index (χ3v) is 1.53. The van der Waals surface area contributed by atoms with Crippen molar-refractivity contribution < 1.29 is 14.4 Å². The number of ether oxygens (including phenoxy) is 1. The first kappa shape index (κ1) is 9.42. The van der Waals surface area contributed by atoms with Gasteiger partial charge in [-0.05, 0) is 12.1 Å². The van der Waals surface area contributed by atoms with Crippen LogP contribution in [0.5, 0.6) is 11.5 Å². The molecule has 0 bridgehead atoms. The molecular weight excluding hydrogens is 169 g/mol. The normalized spacial score (nSPS) is 8.69. The van der Waals surface area contributed by atoms with Crippen molar-refractivity contribution in [2.75, 3.05) is 7.11 Å². The second-order valence-corrected chi connectivity index (χ2v) is 2.25. The molecule has 0 radical (unpaired) electrons. The van der Waals surface area contributed by atoms with Gasteiger partial charge in [0.1, 0.15) is 17.6 Å². The number of benzene rings is 1. The number of nitrogens with zero attached hydrogens (tertiary/aromatic N) is 1. The topological polar surface area (TPSA) is 62.5 Å². The molecule has 13 heavy (non-hydrogen) atoms. The van der Waals surface area contributed by atoms with Crippen molar-refractivity contribution in [1.82, 2.24) is 0 Å². The minimum Gasteiger partial charge on any atom is -0.538 e. The minimum absolute atomic E-state index is 0.341. The van der Waals surface area contributed by atoms with E-state index in [1.165, 1.54) is 7.11 Å². The summed E-state index contributed by atoms with van der Waals surface area (Å²) in [6.07, 6.45) is 0. The Morgan fingerprint density at radius 3 is 2.85 bits per heavy atom. The summed E-state index contributed by atoms with van der Waals surface area (Å²) in [7, 11) is 1.07. The molecule has 0 unspecified atom stereocenters. The summed E-state index contributed by atoms with van der Waals surface area (Å²) in [5, 5.41) is 17.2. The second-order valence-electron chi connectivity index (χ2n) is 2.25. The lowest BCUT2D eigenvalue weighted by atomic mass is 10.2. The van der Waals surface area contributed by atoms with E-state index in [4.69, 9.17) is 19.7 Å². The van der Waals surface area contributed by atoms with Crippen LogP contribution in [0.3, 0.4) is 0 Å². The molecule has 4 nitrogen and oxygen atoms in total. The molecule has 5 heteroatoms. The third kappa shape index (κ3) is 2.14. The maximum absolute atomic E-state index is 8.70. The van der Waals surface area contributed by atoms with Gasteiger partial charge < -0.3 is 14.4 Å². The third-order valence-electron chi connectivity index (χ3n) is 1.53. The lowest BCUT2D eigenvalue weighted by Crippen LogP contribution is -2.01. The molecule has 1 N–H and O–H groups in total. The molecule has 1 aromatic rings. The molecular formula is C8H8BNO3. The van der Waals surface area contributed by atoms with Gasteiger partial charge in [-0.3, -0.25) is 0 Å². The summed E-state index contributed by atoms with van der Waals surface area (Å²) in [6.45, 7) is 0. The number of methoxy groups -OCH3 is 1. The summed E-state index contributed by atoms with van der Waals surface area (Å²) in [4.78, 5) is 0. The Hall–Kier alpha value is -1.67. The van der Waals surface area contributed by atoms with Gasteiger partial charge in [0.25, 0.3) is 0 Å². The van der Waals surface area contributed by atoms with Crippen LogP contribution in [0.25, 0.3) is 0 Å². The molecule has 0 aliphatic carbocycles. The first-order valence-corrected chi connectivity index (χ1v) is 3.63. The Balaban J connectivity index is 3.02. The lowest BCUT2D eigenvalue weighted by molar-refractivity contribution is 0.412. The number of rotatable bonds is 3. The van der Waals surface area contributed by atoms with Crippen LogP contribution in [-0.2, 0) is 0 Å². The highest BCUT2D eigenvalue weighted by Crippen LogP contribution is 2.22. The fourth-order valence-corrected chi connectivity index (χ4v) is 0.919. The Bertz CT molecular complexity index is 335. The number of nitriles is 1. The minimum atomic E-state index is -0.443. The average Bonchev–Trinajstić information content (AvgIpc) is 2.19. The molecule has 0 heterocycles. The van der Waals surface area contributed by atoms with Gasteiger partial charge in [0.2, 0.25) is 0 Å². The van der Waals surface area contributed by atoms with Crippen LogP contribution >= 0.6 is 0 Å². The number of hydrogen-bond acceptors (Lipinski definition) is 4.